The van der Waals surface area contributed by atoms with Crippen molar-refractivity contribution in [1.29, 1.82) is 0 Å². The number of aromatic nitrogens is 1. The van der Waals surface area contributed by atoms with E-state index in [0.717, 1.165) is 12.1 Å². The van der Waals surface area contributed by atoms with Gasteiger partial charge in [-0.3, -0.25) is 9.59 Å². The largest absolute Gasteiger partial charge is 0.416 e. The molecule has 2 amide bonds. The van der Waals surface area contributed by atoms with Crippen LogP contribution in [0.4, 0.5) is 18.9 Å². The molecule has 2 aromatic rings. The van der Waals surface area contributed by atoms with Gasteiger partial charge in [0.1, 0.15) is 11.1 Å². The predicted molar refractivity (Wildman–Crippen MR) is 93.2 cm³/mol. The molecule has 1 fully saturated rings. The minimum absolute atomic E-state index is 0.182. The van der Waals surface area contributed by atoms with Crippen LogP contribution >= 0.6 is 11.6 Å². The first-order chi connectivity index (χ1) is 12.7. The Morgan fingerprint density at radius 3 is 2.52 bits per heavy atom. The highest BCUT2D eigenvalue weighted by molar-refractivity contribution is 6.29. The number of likely N-dealkylation sites (tertiary alicyclic amines) is 1. The number of carbonyl (C=O) groups excluding carboxylic acids is 2. The summed E-state index contributed by atoms with van der Waals surface area (Å²) in [5.41, 5.74) is 0.0958. The molecule has 27 heavy (non-hydrogen) atoms. The average molecular weight is 398 g/mol. The van der Waals surface area contributed by atoms with Crippen molar-refractivity contribution in [1.82, 2.24) is 9.88 Å². The highest BCUT2D eigenvalue weighted by atomic mass is 35.5. The van der Waals surface area contributed by atoms with E-state index in [2.05, 4.69) is 10.3 Å². The van der Waals surface area contributed by atoms with Crippen LogP contribution in [0.3, 0.4) is 0 Å². The average Bonchev–Trinajstić information content (AvgIpc) is 2.89. The fraction of sp³-hybridized carbons (Fsp3) is 0.278. The molecular formula is C18H15ClF3N3O2. The van der Waals surface area contributed by atoms with Crippen molar-refractivity contribution >= 4 is 29.1 Å². The smallest absolute Gasteiger partial charge is 0.344 e. The van der Waals surface area contributed by atoms with Crippen molar-refractivity contribution < 1.29 is 22.8 Å². The monoisotopic (exact) mass is 397 g/mol. The van der Waals surface area contributed by atoms with E-state index in [1.54, 1.807) is 7.05 Å². The molecule has 1 aliphatic rings. The zero-order valence-electron chi connectivity index (χ0n) is 14.1. The number of hydrogen-bond donors (Lipinski definition) is 1. The molecule has 5 nitrogen and oxygen atoms in total. The van der Waals surface area contributed by atoms with Crippen LogP contribution < -0.4 is 5.32 Å². The first-order valence-electron chi connectivity index (χ1n) is 8.01. The maximum atomic E-state index is 12.8. The number of benzene rings is 1. The first-order valence-corrected chi connectivity index (χ1v) is 8.39. The molecule has 0 unspecified atom stereocenters. The third-order valence-corrected chi connectivity index (χ3v) is 4.66. The van der Waals surface area contributed by atoms with Crippen LogP contribution in [0.25, 0.3) is 0 Å². The quantitative estimate of drug-likeness (QED) is 0.636. The highest BCUT2D eigenvalue weighted by Crippen LogP contribution is 2.36. The molecule has 3 rings (SSSR count). The zero-order chi connectivity index (χ0) is 19.8. The summed E-state index contributed by atoms with van der Waals surface area (Å²) in [5, 5.41) is 2.80. The molecule has 0 bridgehead atoms. The van der Waals surface area contributed by atoms with Crippen molar-refractivity contribution in [3.63, 3.8) is 0 Å². The van der Waals surface area contributed by atoms with Crippen molar-refractivity contribution in [2.24, 2.45) is 5.92 Å². The van der Waals surface area contributed by atoms with Gasteiger partial charge in [-0.15, -0.1) is 0 Å². The second-order valence-corrected chi connectivity index (χ2v) is 6.67. The van der Waals surface area contributed by atoms with Gasteiger partial charge in [0.15, 0.2) is 0 Å². The lowest BCUT2D eigenvalue weighted by molar-refractivity contribution is -0.138. The molecule has 2 heterocycles. The van der Waals surface area contributed by atoms with Crippen LogP contribution in [0.2, 0.25) is 5.15 Å². The van der Waals surface area contributed by atoms with Crippen LogP contribution in [0.1, 0.15) is 17.0 Å². The fourth-order valence-corrected chi connectivity index (χ4v) is 3.29. The minimum Gasteiger partial charge on any atom is -0.344 e. The highest BCUT2D eigenvalue weighted by Gasteiger charge is 2.44. The second kappa shape index (κ2) is 7.19. The molecule has 0 radical (unpaired) electrons. The van der Waals surface area contributed by atoms with Crippen LogP contribution in [-0.4, -0.2) is 35.3 Å². The van der Waals surface area contributed by atoms with Gasteiger partial charge in [-0.05, 0) is 29.8 Å². The number of alkyl halides is 3. The Hall–Kier alpha value is -2.61. The standard InChI is InChI=1S/C18H15ClF3N3O2/c1-25-9-13(10-2-4-11(5-3-10)18(20,21)22)15(17(25)27)16(26)24-12-6-7-23-14(19)8-12/h2-8,13,15H,9H2,1H3,(H,23,24,26)/t13-,15+/m0/s1. The first kappa shape index (κ1) is 19.2. The maximum absolute atomic E-state index is 12.8. The second-order valence-electron chi connectivity index (χ2n) is 6.28. The van der Waals surface area contributed by atoms with E-state index in [1.165, 1.54) is 35.4 Å². The summed E-state index contributed by atoms with van der Waals surface area (Å²) in [6, 6.07) is 7.49. The van der Waals surface area contributed by atoms with E-state index in [0.29, 0.717) is 11.3 Å². The summed E-state index contributed by atoms with van der Waals surface area (Å²) >= 11 is 5.79. The van der Waals surface area contributed by atoms with Crippen LogP contribution in [0, 0.1) is 5.92 Å². The minimum atomic E-state index is -4.45. The Kier molecular flexibility index (Phi) is 5.10. The van der Waals surface area contributed by atoms with Crippen molar-refractivity contribution in [3.05, 3.63) is 58.9 Å². The molecule has 0 aliphatic carbocycles. The molecule has 142 valence electrons. The van der Waals surface area contributed by atoms with Gasteiger partial charge in [0.2, 0.25) is 11.8 Å². The van der Waals surface area contributed by atoms with Gasteiger partial charge < -0.3 is 10.2 Å². The topological polar surface area (TPSA) is 62.3 Å². The molecule has 1 N–H and O–H groups in total. The molecule has 1 aromatic carbocycles. The van der Waals surface area contributed by atoms with Gasteiger partial charge in [0, 0.05) is 31.4 Å². The summed E-state index contributed by atoms with van der Waals surface area (Å²) in [6.45, 7) is 0.236. The molecule has 9 heteroatoms. The zero-order valence-corrected chi connectivity index (χ0v) is 14.9. The number of carbonyl (C=O) groups is 2. The van der Waals surface area contributed by atoms with Crippen LogP contribution in [0.15, 0.2) is 42.6 Å². The summed E-state index contributed by atoms with van der Waals surface area (Å²) < 4.78 is 38.3. The maximum Gasteiger partial charge on any atom is 0.416 e. The van der Waals surface area contributed by atoms with Crippen molar-refractivity contribution in [2.75, 3.05) is 18.9 Å². The summed E-state index contributed by atoms with van der Waals surface area (Å²) in [4.78, 5) is 30.4. The van der Waals surface area contributed by atoms with Gasteiger partial charge >= 0.3 is 6.18 Å². The summed E-state index contributed by atoms with van der Waals surface area (Å²) in [6.07, 6.45) is -3.04. The van der Waals surface area contributed by atoms with Gasteiger partial charge in [0.25, 0.3) is 0 Å². The Morgan fingerprint density at radius 1 is 1.26 bits per heavy atom. The number of anilines is 1. The molecular weight excluding hydrogens is 383 g/mol. The summed E-state index contributed by atoms with van der Waals surface area (Å²) in [5.74, 6) is -2.53. The van der Waals surface area contributed by atoms with Crippen molar-refractivity contribution in [3.8, 4) is 0 Å². The molecule has 1 aliphatic heterocycles. The number of nitrogens with one attached hydrogen (secondary N) is 1. The molecule has 1 saturated heterocycles. The molecule has 0 saturated carbocycles. The van der Waals surface area contributed by atoms with Crippen molar-refractivity contribution in [2.45, 2.75) is 12.1 Å². The van der Waals surface area contributed by atoms with Crippen LogP contribution in [-0.2, 0) is 15.8 Å². The van der Waals surface area contributed by atoms with Gasteiger partial charge in [-0.2, -0.15) is 13.2 Å². The Labute approximate surface area is 158 Å². The number of likely N-dealkylation sites (N-methyl/N-ethyl adjacent to an activating group) is 1. The predicted octanol–water partition coefficient (Wildman–Crippen LogP) is 3.56. The SMILES string of the molecule is CN1C[C@@H](c2ccc(C(F)(F)F)cc2)[C@H](C(=O)Nc2ccnc(Cl)c2)C1=O. The summed E-state index contributed by atoms with van der Waals surface area (Å²) in [7, 11) is 1.55. The van der Waals surface area contributed by atoms with E-state index in [4.69, 9.17) is 11.6 Å². The molecule has 2 atom stereocenters. The lowest BCUT2D eigenvalue weighted by Gasteiger charge is -2.17. The third kappa shape index (κ3) is 4.05. The van der Waals surface area contributed by atoms with E-state index < -0.39 is 35.4 Å². The van der Waals surface area contributed by atoms with E-state index >= 15 is 0 Å². The van der Waals surface area contributed by atoms with E-state index in [-0.39, 0.29) is 11.7 Å². The lowest BCUT2D eigenvalue weighted by Crippen LogP contribution is -2.32. The van der Waals surface area contributed by atoms with Gasteiger partial charge in [-0.1, -0.05) is 23.7 Å². The number of nitrogens with zero attached hydrogens (tertiary/aromatic N) is 2. The van der Waals surface area contributed by atoms with Crippen LogP contribution in [0.5, 0.6) is 0 Å². The Bertz CT molecular complexity index is 871. The van der Waals surface area contributed by atoms with Gasteiger partial charge in [-0.25, -0.2) is 4.98 Å². The van der Waals surface area contributed by atoms with E-state index in [1.807, 2.05) is 0 Å². The number of hydrogen-bond acceptors (Lipinski definition) is 3. The molecule has 0 spiro atoms. The lowest BCUT2D eigenvalue weighted by atomic mass is 9.87. The molecule has 1 aromatic heterocycles. The number of pyridine rings is 1. The fourth-order valence-electron chi connectivity index (χ4n) is 3.11. The third-order valence-electron chi connectivity index (χ3n) is 4.46. The number of rotatable bonds is 3. The normalized spacial score (nSPS) is 20.0. The Morgan fingerprint density at radius 2 is 1.93 bits per heavy atom. The number of amides is 2. The Balaban J connectivity index is 1.85. The van der Waals surface area contributed by atoms with E-state index in [9.17, 15) is 22.8 Å². The van der Waals surface area contributed by atoms with Gasteiger partial charge in [0.05, 0.1) is 5.56 Å². The number of halogens is 4.